The molecule has 4 heteroatoms. The van der Waals surface area contributed by atoms with Crippen molar-refractivity contribution in [2.24, 2.45) is 5.73 Å². The summed E-state index contributed by atoms with van der Waals surface area (Å²) < 4.78 is 5.08. The topological polar surface area (TPSA) is 64.3 Å². The number of ether oxygens (including phenoxy) is 1. The Kier molecular flexibility index (Phi) is 6.87. The summed E-state index contributed by atoms with van der Waals surface area (Å²) >= 11 is 0. The van der Waals surface area contributed by atoms with Crippen LogP contribution >= 0.6 is 0 Å². The molecule has 0 bridgehead atoms. The lowest BCUT2D eigenvalue weighted by Gasteiger charge is -2.12. The summed E-state index contributed by atoms with van der Waals surface area (Å²) in [5.74, 6) is 0. The second-order valence-corrected chi connectivity index (χ2v) is 4.34. The summed E-state index contributed by atoms with van der Waals surface area (Å²) in [7, 11) is 0. The van der Waals surface area contributed by atoms with Crippen LogP contribution in [0, 0.1) is 0 Å². The van der Waals surface area contributed by atoms with Gasteiger partial charge in [0.25, 0.3) is 0 Å². The fraction of sp³-hybridized carbons (Fsp3) is 0.500. The van der Waals surface area contributed by atoms with Crippen LogP contribution in [0.4, 0.5) is 4.79 Å². The molecule has 18 heavy (non-hydrogen) atoms. The van der Waals surface area contributed by atoms with E-state index in [0.717, 1.165) is 24.8 Å². The molecule has 0 saturated heterocycles. The molecule has 0 aliphatic carbocycles. The average Bonchev–Trinajstić information content (AvgIpc) is 2.41. The Bertz CT molecular complexity index is 341. The van der Waals surface area contributed by atoms with Crippen LogP contribution in [0.3, 0.4) is 0 Å². The molecule has 0 fully saturated rings. The third kappa shape index (κ3) is 6.25. The number of unbranched alkanes of at least 4 members (excludes halogenated alkanes) is 1. The van der Waals surface area contributed by atoms with Gasteiger partial charge in [0.05, 0.1) is 0 Å². The predicted octanol–water partition coefficient (Wildman–Crippen LogP) is 2.43. The van der Waals surface area contributed by atoms with E-state index in [1.54, 1.807) is 0 Å². The van der Waals surface area contributed by atoms with Crippen LogP contribution in [0.1, 0.15) is 31.7 Å². The van der Waals surface area contributed by atoms with Crippen molar-refractivity contribution in [1.29, 1.82) is 0 Å². The molecule has 1 amide bonds. The third-order valence-electron chi connectivity index (χ3n) is 2.65. The van der Waals surface area contributed by atoms with Crippen molar-refractivity contribution in [3.05, 3.63) is 35.9 Å². The second kappa shape index (κ2) is 8.53. The zero-order valence-corrected chi connectivity index (χ0v) is 10.9. The third-order valence-corrected chi connectivity index (χ3v) is 2.65. The molecule has 4 nitrogen and oxygen atoms in total. The highest BCUT2D eigenvalue weighted by molar-refractivity contribution is 5.67. The Morgan fingerprint density at radius 3 is 2.78 bits per heavy atom. The largest absolute Gasteiger partial charge is 0.445 e. The number of benzene rings is 1. The molecule has 0 aliphatic heterocycles. The van der Waals surface area contributed by atoms with E-state index in [9.17, 15) is 4.79 Å². The van der Waals surface area contributed by atoms with E-state index in [1.165, 1.54) is 0 Å². The molecule has 0 spiro atoms. The van der Waals surface area contributed by atoms with Crippen LogP contribution in [0.15, 0.2) is 30.3 Å². The van der Waals surface area contributed by atoms with E-state index in [4.69, 9.17) is 10.5 Å². The van der Waals surface area contributed by atoms with Gasteiger partial charge < -0.3 is 15.8 Å². The minimum atomic E-state index is -0.411. The second-order valence-electron chi connectivity index (χ2n) is 4.34. The van der Waals surface area contributed by atoms with Gasteiger partial charge in [0, 0.05) is 12.6 Å². The molecular formula is C14H22N2O2. The first-order chi connectivity index (χ1) is 8.72. The SMILES string of the molecule is CCCCC(N)CNC(=O)OCc1ccccc1. The van der Waals surface area contributed by atoms with Crippen molar-refractivity contribution in [1.82, 2.24) is 5.32 Å². The van der Waals surface area contributed by atoms with Crippen LogP contribution in [-0.2, 0) is 11.3 Å². The first-order valence-corrected chi connectivity index (χ1v) is 6.42. The van der Waals surface area contributed by atoms with Gasteiger partial charge in [-0.2, -0.15) is 0 Å². The summed E-state index contributed by atoms with van der Waals surface area (Å²) in [5, 5.41) is 2.68. The number of alkyl carbamates (subject to hydrolysis) is 1. The van der Waals surface area contributed by atoms with E-state index in [-0.39, 0.29) is 12.6 Å². The molecule has 0 aliphatic rings. The fourth-order valence-electron chi connectivity index (χ4n) is 1.56. The lowest BCUT2D eigenvalue weighted by atomic mass is 10.1. The molecule has 1 aromatic rings. The maximum absolute atomic E-state index is 11.4. The number of hydrogen-bond acceptors (Lipinski definition) is 3. The molecule has 1 unspecified atom stereocenters. The van der Waals surface area contributed by atoms with Crippen LogP contribution in [-0.4, -0.2) is 18.7 Å². The summed E-state index contributed by atoms with van der Waals surface area (Å²) in [6, 6.07) is 9.60. The van der Waals surface area contributed by atoms with Gasteiger partial charge in [-0.15, -0.1) is 0 Å². The monoisotopic (exact) mass is 250 g/mol. The molecule has 0 radical (unpaired) electrons. The maximum Gasteiger partial charge on any atom is 0.407 e. The average molecular weight is 250 g/mol. The van der Waals surface area contributed by atoms with E-state index in [0.29, 0.717) is 6.54 Å². The lowest BCUT2D eigenvalue weighted by Crippen LogP contribution is -2.37. The van der Waals surface area contributed by atoms with Crippen LogP contribution in [0.2, 0.25) is 0 Å². The number of carbonyl (C=O) groups excluding carboxylic acids is 1. The van der Waals surface area contributed by atoms with Gasteiger partial charge in [0.1, 0.15) is 6.61 Å². The van der Waals surface area contributed by atoms with Crippen molar-refractivity contribution >= 4 is 6.09 Å². The molecule has 0 saturated carbocycles. The lowest BCUT2D eigenvalue weighted by molar-refractivity contribution is 0.139. The molecule has 3 N–H and O–H groups in total. The minimum absolute atomic E-state index is 0.00854. The smallest absolute Gasteiger partial charge is 0.407 e. The quantitative estimate of drug-likeness (QED) is 0.781. The molecule has 100 valence electrons. The van der Waals surface area contributed by atoms with E-state index in [1.807, 2.05) is 30.3 Å². The minimum Gasteiger partial charge on any atom is -0.445 e. The van der Waals surface area contributed by atoms with Gasteiger partial charge in [0.2, 0.25) is 0 Å². The number of nitrogens with one attached hydrogen (secondary N) is 1. The van der Waals surface area contributed by atoms with Crippen molar-refractivity contribution in [2.75, 3.05) is 6.54 Å². The Balaban J connectivity index is 2.14. The Hall–Kier alpha value is -1.55. The normalized spacial score (nSPS) is 11.9. The highest BCUT2D eigenvalue weighted by atomic mass is 16.5. The van der Waals surface area contributed by atoms with Crippen LogP contribution in [0.25, 0.3) is 0 Å². The van der Waals surface area contributed by atoms with Gasteiger partial charge >= 0.3 is 6.09 Å². The zero-order valence-electron chi connectivity index (χ0n) is 10.9. The Morgan fingerprint density at radius 1 is 1.39 bits per heavy atom. The van der Waals surface area contributed by atoms with E-state index in [2.05, 4.69) is 12.2 Å². The van der Waals surface area contributed by atoms with Crippen molar-refractivity contribution < 1.29 is 9.53 Å². The van der Waals surface area contributed by atoms with Crippen molar-refractivity contribution in [3.63, 3.8) is 0 Å². The molecule has 1 atom stereocenters. The highest BCUT2D eigenvalue weighted by Crippen LogP contribution is 2.01. The number of amides is 1. The molecule has 1 aromatic carbocycles. The Morgan fingerprint density at radius 2 is 2.11 bits per heavy atom. The number of hydrogen-bond donors (Lipinski definition) is 2. The first-order valence-electron chi connectivity index (χ1n) is 6.42. The highest BCUT2D eigenvalue weighted by Gasteiger charge is 2.06. The fourth-order valence-corrected chi connectivity index (χ4v) is 1.56. The van der Waals surface area contributed by atoms with Crippen molar-refractivity contribution in [3.8, 4) is 0 Å². The standard InChI is InChI=1S/C14H22N2O2/c1-2-3-9-13(15)10-16-14(17)18-11-12-7-5-4-6-8-12/h4-8,13H,2-3,9-11,15H2,1H3,(H,16,17). The van der Waals surface area contributed by atoms with Crippen LogP contribution < -0.4 is 11.1 Å². The van der Waals surface area contributed by atoms with Gasteiger partial charge in [-0.3, -0.25) is 0 Å². The summed E-state index contributed by atoms with van der Waals surface area (Å²) in [4.78, 5) is 11.4. The van der Waals surface area contributed by atoms with Crippen molar-refractivity contribution in [2.45, 2.75) is 38.8 Å². The van der Waals surface area contributed by atoms with Gasteiger partial charge in [0.15, 0.2) is 0 Å². The number of rotatable bonds is 7. The Labute approximate surface area is 109 Å². The maximum atomic E-state index is 11.4. The van der Waals surface area contributed by atoms with Gasteiger partial charge in [-0.1, -0.05) is 50.1 Å². The first kappa shape index (κ1) is 14.5. The van der Waals surface area contributed by atoms with Crippen LogP contribution in [0.5, 0.6) is 0 Å². The molecule has 0 aromatic heterocycles. The summed E-state index contributed by atoms with van der Waals surface area (Å²) in [5.41, 5.74) is 6.82. The number of carbonyl (C=O) groups is 1. The molecular weight excluding hydrogens is 228 g/mol. The van der Waals surface area contributed by atoms with E-state index >= 15 is 0 Å². The summed E-state index contributed by atoms with van der Waals surface area (Å²) in [6.07, 6.45) is 2.72. The zero-order chi connectivity index (χ0) is 13.2. The number of nitrogens with two attached hydrogens (primary N) is 1. The van der Waals surface area contributed by atoms with E-state index < -0.39 is 6.09 Å². The van der Waals surface area contributed by atoms with Gasteiger partial charge in [-0.05, 0) is 12.0 Å². The molecule has 1 rings (SSSR count). The summed E-state index contributed by atoms with van der Waals surface area (Å²) in [6.45, 7) is 2.87. The predicted molar refractivity (Wildman–Crippen MR) is 72.1 cm³/mol. The van der Waals surface area contributed by atoms with Gasteiger partial charge in [-0.25, -0.2) is 4.79 Å². The molecule has 0 heterocycles.